The predicted molar refractivity (Wildman–Crippen MR) is 68.4 cm³/mol. The molecule has 0 unspecified atom stereocenters. The molecule has 16 heavy (non-hydrogen) atoms. The molecule has 0 spiro atoms. The molecule has 0 aromatic heterocycles. The maximum Gasteiger partial charge on any atom is 0.115 e. The molecular weight excluding hydrogens is 198 g/mol. The van der Waals surface area contributed by atoms with Crippen molar-refractivity contribution in [3.8, 4) is 5.75 Å². The molecule has 2 nitrogen and oxygen atoms in total. The van der Waals surface area contributed by atoms with Crippen LogP contribution in [0.5, 0.6) is 5.75 Å². The van der Waals surface area contributed by atoms with E-state index in [1.54, 1.807) is 6.07 Å². The van der Waals surface area contributed by atoms with Gasteiger partial charge >= 0.3 is 0 Å². The Balaban J connectivity index is 2.51. The molecule has 0 aliphatic carbocycles. The van der Waals surface area contributed by atoms with E-state index in [4.69, 9.17) is 0 Å². The summed E-state index contributed by atoms with van der Waals surface area (Å²) in [5.74, 6) is 0.882. The van der Waals surface area contributed by atoms with Crippen molar-refractivity contribution >= 4 is 0 Å². The molecule has 0 heterocycles. The van der Waals surface area contributed by atoms with E-state index in [1.807, 2.05) is 26.2 Å². The number of allylic oxidation sites excluding steroid dienone is 1. The third-order valence-corrected chi connectivity index (χ3v) is 2.71. The summed E-state index contributed by atoms with van der Waals surface area (Å²) < 4.78 is 0. The summed E-state index contributed by atoms with van der Waals surface area (Å²) in [6, 6.07) is 7.47. The highest BCUT2D eigenvalue weighted by Crippen LogP contribution is 2.19. The van der Waals surface area contributed by atoms with Crippen molar-refractivity contribution in [2.75, 3.05) is 14.1 Å². The number of rotatable bonds is 5. The van der Waals surface area contributed by atoms with Gasteiger partial charge in [-0.2, -0.15) is 0 Å². The van der Waals surface area contributed by atoms with Gasteiger partial charge in [0.1, 0.15) is 5.75 Å². The average molecular weight is 219 g/mol. The Hall–Kier alpha value is -1.44. The molecule has 1 N–H and O–H groups in total. The van der Waals surface area contributed by atoms with Crippen LogP contribution in [0.25, 0.3) is 0 Å². The van der Waals surface area contributed by atoms with Crippen molar-refractivity contribution in [1.82, 2.24) is 4.90 Å². The van der Waals surface area contributed by atoms with Gasteiger partial charge in [-0.05, 0) is 36.5 Å². The summed E-state index contributed by atoms with van der Waals surface area (Å²) in [5, 5.41) is 9.37. The van der Waals surface area contributed by atoms with Crippen LogP contribution in [0.15, 0.2) is 36.5 Å². The zero-order chi connectivity index (χ0) is 12.1. The Morgan fingerprint density at radius 3 is 2.69 bits per heavy atom. The lowest BCUT2D eigenvalue weighted by atomic mass is 9.96. The summed E-state index contributed by atoms with van der Waals surface area (Å²) in [4.78, 5) is 2.05. The van der Waals surface area contributed by atoms with Crippen molar-refractivity contribution in [1.29, 1.82) is 0 Å². The summed E-state index contributed by atoms with van der Waals surface area (Å²) >= 11 is 0. The summed E-state index contributed by atoms with van der Waals surface area (Å²) in [6.45, 7) is 6.24. The van der Waals surface area contributed by atoms with Gasteiger partial charge < -0.3 is 10.0 Å². The third kappa shape index (κ3) is 3.97. The largest absolute Gasteiger partial charge is 0.508 e. The number of aromatic hydroxyl groups is 1. The maximum absolute atomic E-state index is 9.37. The van der Waals surface area contributed by atoms with E-state index in [-0.39, 0.29) is 0 Å². The van der Waals surface area contributed by atoms with Crippen LogP contribution in [0, 0.1) is 5.92 Å². The van der Waals surface area contributed by atoms with Crippen molar-refractivity contribution < 1.29 is 5.11 Å². The molecule has 1 rings (SSSR count). The second-order valence-corrected chi connectivity index (χ2v) is 4.64. The van der Waals surface area contributed by atoms with Crippen LogP contribution in [0.3, 0.4) is 0 Å². The quantitative estimate of drug-likeness (QED) is 0.822. The highest BCUT2D eigenvalue weighted by Gasteiger charge is 2.07. The number of phenolic OH excluding ortho intramolecular Hbond substituents is 1. The first-order valence-electron chi connectivity index (χ1n) is 5.62. The summed E-state index contributed by atoms with van der Waals surface area (Å²) in [5.41, 5.74) is 2.33. The second kappa shape index (κ2) is 5.59. The zero-order valence-electron chi connectivity index (χ0n) is 10.4. The van der Waals surface area contributed by atoms with Gasteiger partial charge in [-0.1, -0.05) is 25.6 Å². The van der Waals surface area contributed by atoms with Gasteiger partial charge in [-0.25, -0.2) is 0 Å². The molecule has 1 atom stereocenters. The Morgan fingerprint density at radius 1 is 1.44 bits per heavy atom. The molecule has 0 aliphatic rings. The van der Waals surface area contributed by atoms with Crippen molar-refractivity contribution in [2.24, 2.45) is 5.92 Å². The smallest absolute Gasteiger partial charge is 0.115 e. The van der Waals surface area contributed by atoms with Crippen LogP contribution in [-0.4, -0.2) is 24.1 Å². The number of benzene rings is 1. The molecule has 0 bridgehead atoms. The molecule has 0 saturated heterocycles. The van der Waals surface area contributed by atoms with Crippen LogP contribution >= 0.6 is 0 Å². The Labute approximate surface area is 98.2 Å². The molecule has 1 aromatic carbocycles. The minimum Gasteiger partial charge on any atom is -0.508 e. The van der Waals surface area contributed by atoms with Gasteiger partial charge in [-0.15, -0.1) is 0 Å². The molecular formula is C14H21NO. The Morgan fingerprint density at radius 2 is 2.12 bits per heavy atom. The van der Waals surface area contributed by atoms with E-state index < -0.39 is 0 Å². The fourth-order valence-electron chi connectivity index (χ4n) is 1.74. The number of nitrogens with zero attached hydrogens (tertiary/aromatic N) is 1. The maximum atomic E-state index is 9.37. The average Bonchev–Trinajstić information content (AvgIpc) is 2.16. The van der Waals surface area contributed by atoms with Gasteiger partial charge in [0.15, 0.2) is 0 Å². The first kappa shape index (κ1) is 12.6. The zero-order valence-corrected chi connectivity index (χ0v) is 10.4. The number of hydrogen-bond acceptors (Lipinski definition) is 2. The van der Waals surface area contributed by atoms with Gasteiger partial charge in [0.2, 0.25) is 0 Å². The van der Waals surface area contributed by atoms with Gasteiger partial charge in [0.05, 0.1) is 0 Å². The van der Waals surface area contributed by atoms with Gasteiger partial charge in [0.25, 0.3) is 0 Å². The highest BCUT2D eigenvalue weighted by atomic mass is 16.3. The van der Waals surface area contributed by atoms with Crippen molar-refractivity contribution in [3.63, 3.8) is 0 Å². The standard InChI is InChI=1S/C14H21NO/c1-11(8-12(2)15(3)4)9-13-6-5-7-14(16)10-13/h5-7,10-11,16H,2,8-9H2,1,3-4H3/t11-/m0/s1. The molecule has 2 heteroatoms. The van der Waals surface area contributed by atoms with E-state index >= 15 is 0 Å². The normalized spacial score (nSPS) is 12.2. The fourth-order valence-corrected chi connectivity index (χ4v) is 1.74. The van der Waals surface area contributed by atoms with E-state index in [0.717, 1.165) is 18.5 Å². The molecule has 0 amide bonds. The summed E-state index contributed by atoms with van der Waals surface area (Å²) in [6.07, 6.45) is 1.96. The Bertz CT molecular complexity index is 358. The summed E-state index contributed by atoms with van der Waals surface area (Å²) in [7, 11) is 4.03. The molecule has 0 saturated carbocycles. The van der Waals surface area contributed by atoms with Crippen molar-refractivity contribution in [2.45, 2.75) is 19.8 Å². The van der Waals surface area contributed by atoms with Crippen LogP contribution in [0.1, 0.15) is 18.9 Å². The van der Waals surface area contributed by atoms with E-state index in [0.29, 0.717) is 11.7 Å². The molecule has 0 fully saturated rings. The topological polar surface area (TPSA) is 23.5 Å². The molecule has 88 valence electrons. The van der Waals surface area contributed by atoms with E-state index in [9.17, 15) is 5.11 Å². The SMILES string of the molecule is C=C(C[C@H](C)Cc1cccc(O)c1)N(C)C. The lowest BCUT2D eigenvalue weighted by molar-refractivity contribution is 0.439. The highest BCUT2D eigenvalue weighted by molar-refractivity contribution is 5.27. The second-order valence-electron chi connectivity index (χ2n) is 4.64. The first-order chi connectivity index (χ1) is 7.49. The molecule has 0 radical (unpaired) electrons. The predicted octanol–water partition coefficient (Wildman–Crippen LogP) is 3.04. The first-order valence-corrected chi connectivity index (χ1v) is 5.62. The fraction of sp³-hybridized carbons (Fsp3) is 0.429. The third-order valence-electron chi connectivity index (χ3n) is 2.71. The van der Waals surface area contributed by atoms with Gasteiger partial charge in [-0.3, -0.25) is 0 Å². The van der Waals surface area contributed by atoms with Crippen molar-refractivity contribution in [3.05, 3.63) is 42.1 Å². The van der Waals surface area contributed by atoms with Crippen LogP contribution in [-0.2, 0) is 6.42 Å². The van der Waals surface area contributed by atoms with Crippen LogP contribution in [0.4, 0.5) is 0 Å². The number of phenols is 1. The minimum atomic E-state index is 0.344. The van der Waals surface area contributed by atoms with Crippen LogP contribution in [0.2, 0.25) is 0 Å². The lowest BCUT2D eigenvalue weighted by Crippen LogP contribution is -2.13. The van der Waals surface area contributed by atoms with E-state index in [2.05, 4.69) is 24.5 Å². The molecule has 0 aliphatic heterocycles. The van der Waals surface area contributed by atoms with E-state index in [1.165, 1.54) is 5.56 Å². The number of hydrogen-bond donors (Lipinski definition) is 1. The minimum absolute atomic E-state index is 0.344. The van der Waals surface area contributed by atoms with Crippen LogP contribution < -0.4 is 0 Å². The molecule has 1 aromatic rings. The van der Waals surface area contributed by atoms with Gasteiger partial charge in [0, 0.05) is 19.8 Å². The Kier molecular flexibility index (Phi) is 4.41. The monoisotopic (exact) mass is 219 g/mol. The lowest BCUT2D eigenvalue weighted by Gasteiger charge is -2.19.